The number of aryl methyl sites for hydroxylation is 1. The van der Waals surface area contributed by atoms with Crippen molar-refractivity contribution in [2.75, 3.05) is 14.2 Å². The Balaban J connectivity index is 1.65. The van der Waals surface area contributed by atoms with E-state index in [9.17, 15) is 4.79 Å². The summed E-state index contributed by atoms with van der Waals surface area (Å²) >= 11 is 0. The number of hydrogen-bond acceptors (Lipinski definition) is 7. The highest BCUT2D eigenvalue weighted by Crippen LogP contribution is 2.28. The molecule has 0 unspecified atom stereocenters. The number of methoxy groups -OCH3 is 1. The maximum atomic E-state index is 12.6. The maximum Gasteiger partial charge on any atom is 0.276 e. The predicted molar refractivity (Wildman–Crippen MR) is 95.6 cm³/mol. The number of hydrogen-bond donors (Lipinski definition) is 0. The number of carbonyl (C=O) groups is 1. The smallest absolute Gasteiger partial charge is 0.276 e. The van der Waals surface area contributed by atoms with Crippen molar-refractivity contribution in [2.24, 2.45) is 0 Å². The Bertz CT molecular complexity index is 904. The van der Waals surface area contributed by atoms with Gasteiger partial charge < -0.3 is 23.3 Å². The average molecular weight is 371 g/mol. The summed E-state index contributed by atoms with van der Waals surface area (Å²) in [6, 6.07) is 7.06. The fourth-order valence-electron chi connectivity index (χ4n) is 2.50. The molecule has 8 heteroatoms. The lowest BCUT2D eigenvalue weighted by Gasteiger charge is -2.21. The molecule has 0 radical (unpaired) electrons. The summed E-state index contributed by atoms with van der Waals surface area (Å²) in [4.78, 5) is 18.3. The van der Waals surface area contributed by atoms with Gasteiger partial charge in [0.2, 0.25) is 5.89 Å². The third-order valence-corrected chi connectivity index (χ3v) is 4.23. The van der Waals surface area contributed by atoms with Crippen LogP contribution in [0.5, 0.6) is 11.5 Å². The van der Waals surface area contributed by atoms with Crippen LogP contribution in [0.4, 0.5) is 0 Å². The van der Waals surface area contributed by atoms with E-state index in [1.165, 1.54) is 17.4 Å². The van der Waals surface area contributed by atoms with Gasteiger partial charge in [0.15, 0.2) is 23.8 Å². The van der Waals surface area contributed by atoms with Gasteiger partial charge in [-0.25, -0.2) is 4.98 Å². The van der Waals surface area contributed by atoms with E-state index in [1.807, 2.05) is 32.0 Å². The molecule has 142 valence electrons. The van der Waals surface area contributed by atoms with Crippen LogP contribution >= 0.6 is 0 Å². The highest BCUT2D eigenvalue weighted by atomic mass is 16.5. The van der Waals surface area contributed by atoms with Crippen molar-refractivity contribution in [3.05, 3.63) is 59.6 Å². The zero-order valence-electron chi connectivity index (χ0n) is 15.6. The Kier molecular flexibility index (Phi) is 5.44. The second kappa shape index (κ2) is 7.94. The Morgan fingerprint density at radius 3 is 2.81 bits per heavy atom. The summed E-state index contributed by atoms with van der Waals surface area (Å²) in [5.41, 5.74) is 1.92. The van der Waals surface area contributed by atoms with Crippen molar-refractivity contribution in [3.63, 3.8) is 0 Å². The molecule has 0 N–H and O–H groups in total. The first-order chi connectivity index (χ1) is 13.0. The van der Waals surface area contributed by atoms with Crippen molar-refractivity contribution < 1.29 is 23.2 Å². The number of ether oxygens (including phenoxy) is 2. The molecule has 3 aromatic rings. The second-order valence-electron chi connectivity index (χ2n) is 6.09. The topological polar surface area (TPSA) is 90.8 Å². The van der Waals surface area contributed by atoms with Crippen LogP contribution in [0, 0.1) is 6.92 Å². The largest absolute Gasteiger partial charge is 0.493 e. The molecular formula is C19H21N3O5. The van der Waals surface area contributed by atoms with Crippen LogP contribution in [0.3, 0.4) is 0 Å². The van der Waals surface area contributed by atoms with Crippen molar-refractivity contribution in [1.82, 2.24) is 15.0 Å². The average Bonchev–Trinajstić information content (AvgIpc) is 3.37. The summed E-state index contributed by atoms with van der Waals surface area (Å²) in [5, 5.41) is 3.86. The zero-order chi connectivity index (χ0) is 19.4. The van der Waals surface area contributed by atoms with E-state index in [0.29, 0.717) is 23.1 Å². The van der Waals surface area contributed by atoms with Gasteiger partial charge in [0.25, 0.3) is 5.91 Å². The molecule has 1 amide bonds. The van der Waals surface area contributed by atoms with E-state index >= 15 is 0 Å². The van der Waals surface area contributed by atoms with E-state index in [1.54, 1.807) is 20.2 Å². The third kappa shape index (κ3) is 4.11. The lowest BCUT2D eigenvalue weighted by molar-refractivity contribution is 0.0731. The van der Waals surface area contributed by atoms with Gasteiger partial charge in [-0.05, 0) is 31.5 Å². The molecule has 8 nitrogen and oxygen atoms in total. The molecule has 0 aliphatic heterocycles. The van der Waals surface area contributed by atoms with Crippen molar-refractivity contribution in [2.45, 2.75) is 26.5 Å². The first-order valence-electron chi connectivity index (χ1n) is 8.39. The lowest BCUT2D eigenvalue weighted by Crippen LogP contribution is -2.30. The van der Waals surface area contributed by atoms with Crippen LogP contribution in [0.25, 0.3) is 0 Å². The zero-order valence-corrected chi connectivity index (χ0v) is 15.6. The van der Waals surface area contributed by atoms with Gasteiger partial charge in [-0.3, -0.25) is 4.79 Å². The summed E-state index contributed by atoms with van der Waals surface area (Å²) in [7, 11) is 3.25. The fraction of sp³-hybridized carbons (Fsp3) is 0.316. The Morgan fingerprint density at radius 2 is 2.11 bits per heavy atom. The van der Waals surface area contributed by atoms with E-state index in [2.05, 4.69) is 10.1 Å². The fourth-order valence-corrected chi connectivity index (χ4v) is 2.50. The summed E-state index contributed by atoms with van der Waals surface area (Å²) in [6.07, 6.45) is 2.79. The molecule has 0 aliphatic rings. The molecule has 0 bridgehead atoms. The van der Waals surface area contributed by atoms with E-state index < -0.39 is 0 Å². The molecule has 0 saturated carbocycles. The summed E-state index contributed by atoms with van der Waals surface area (Å²) < 4.78 is 21.2. The number of rotatable bonds is 7. The molecule has 0 saturated heterocycles. The molecule has 1 aromatic carbocycles. The SMILES string of the molecule is COc1cc(C)ccc1OCc1nc(C(=O)N(C)[C@@H](C)c2ccon2)co1. The third-order valence-electron chi connectivity index (χ3n) is 4.23. The number of carbonyl (C=O) groups excluding carboxylic acids is 1. The normalized spacial score (nSPS) is 11.9. The Hall–Kier alpha value is -3.29. The monoisotopic (exact) mass is 371 g/mol. The molecule has 3 rings (SSSR count). The van der Waals surface area contributed by atoms with Crippen LogP contribution < -0.4 is 9.47 Å². The molecular weight excluding hydrogens is 350 g/mol. The van der Waals surface area contributed by atoms with Gasteiger partial charge in [-0.2, -0.15) is 0 Å². The molecule has 27 heavy (non-hydrogen) atoms. The van der Waals surface area contributed by atoms with Crippen molar-refractivity contribution in [1.29, 1.82) is 0 Å². The molecule has 0 spiro atoms. The van der Waals surface area contributed by atoms with Crippen LogP contribution in [-0.4, -0.2) is 35.1 Å². The molecule has 0 aliphatic carbocycles. The number of aromatic nitrogens is 2. The van der Waals surface area contributed by atoms with Gasteiger partial charge in [-0.15, -0.1) is 0 Å². The van der Waals surface area contributed by atoms with E-state index in [-0.39, 0.29) is 24.2 Å². The van der Waals surface area contributed by atoms with E-state index in [0.717, 1.165) is 5.56 Å². The Labute approximate surface area is 156 Å². The highest BCUT2D eigenvalue weighted by Gasteiger charge is 2.23. The number of amides is 1. The first kappa shape index (κ1) is 18.5. The predicted octanol–water partition coefficient (Wildman–Crippen LogP) is 3.39. The highest BCUT2D eigenvalue weighted by molar-refractivity contribution is 5.92. The second-order valence-corrected chi connectivity index (χ2v) is 6.09. The first-order valence-corrected chi connectivity index (χ1v) is 8.39. The summed E-state index contributed by atoms with van der Waals surface area (Å²) in [6.45, 7) is 3.90. The van der Waals surface area contributed by atoms with Crippen LogP contribution in [0.1, 0.15) is 40.6 Å². The number of benzene rings is 1. The Morgan fingerprint density at radius 1 is 1.30 bits per heavy atom. The molecule has 2 heterocycles. The van der Waals surface area contributed by atoms with Crippen molar-refractivity contribution >= 4 is 5.91 Å². The molecule has 2 aromatic heterocycles. The molecule has 0 fully saturated rings. The van der Waals surface area contributed by atoms with Crippen molar-refractivity contribution in [3.8, 4) is 11.5 Å². The van der Waals surface area contributed by atoms with Gasteiger partial charge in [0.05, 0.1) is 13.2 Å². The minimum atomic E-state index is -0.284. The van der Waals surface area contributed by atoms with Gasteiger partial charge in [0.1, 0.15) is 18.2 Å². The van der Waals surface area contributed by atoms with Crippen LogP contribution in [0.15, 0.2) is 45.7 Å². The standard InChI is InChI=1S/C19H21N3O5/c1-12-5-6-16(17(9-12)24-4)25-11-18-20-15(10-26-18)19(23)22(3)13(2)14-7-8-27-21-14/h5-10,13H,11H2,1-4H3/t13-/m0/s1. The quantitative estimate of drug-likeness (QED) is 0.629. The van der Waals surface area contributed by atoms with Gasteiger partial charge in [0, 0.05) is 13.1 Å². The van der Waals surface area contributed by atoms with Crippen LogP contribution in [-0.2, 0) is 6.61 Å². The van der Waals surface area contributed by atoms with Crippen LogP contribution in [0.2, 0.25) is 0 Å². The minimum absolute atomic E-state index is 0.0786. The maximum absolute atomic E-state index is 12.6. The lowest BCUT2D eigenvalue weighted by atomic mass is 10.2. The minimum Gasteiger partial charge on any atom is -0.493 e. The van der Waals surface area contributed by atoms with Gasteiger partial charge >= 0.3 is 0 Å². The summed E-state index contributed by atoms with van der Waals surface area (Å²) in [5.74, 6) is 1.21. The number of oxazole rings is 1. The van der Waals surface area contributed by atoms with E-state index in [4.69, 9.17) is 18.4 Å². The van der Waals surface area contributed by atoms with Gasteiger partial charge in [-0.1, -0.05) is 11.2 Å². The molecule has 1 atom stereocenters. The number of nitrogens with zero attached hydrogens (tertiary/aromatic N) is 3.